The minimum absolute atomic E-state index is 0.0121. The van der Waals surface area contributed by atoms with Crippen molar-refractivity contribution in [3.8, 4) is 11.1 Å². The molecule has 1 aromatic heterocycles. The van der Waals surface area contributed by atoms with Crippen molar-refractivity contribution in [1.29, 1.82) is 0 Å². The molecule has 3 rings (SSSR count). The van der Waals surface area contributed by atoms with Crippen molar-refractivity contribution < 1.29 is 9.90 Å². The zero-order valence-corrected chi connectivity index (χ0v) is 13.6. The van der Waals surface area contributed by atoms with E-state index in [9.17, 15) is 9.90 Å². The SMILES string of the molecule is Cc1ccc(-c2cncc(C(=O)N3CCC(C)(O)CC3)c2)cc1. The summed E-state index contributed by atoms with van der Waals surface area (Å²) in [6.07, 6.45) is 4.63. The Balaban J connectivity index is 1.79. The molecule has 0 unspecified atom stereocenters. The summed E-state index contributed by atoms with van der Waals surface area (Å²) < 4.78 is 0. The number of likely N-dealkylation sites (tertiary alicyclic amines) is 1. The Hall–Kier alpha value is -2.20. The third-order valence-corrected chi connectivity index (χ3v) is 4.50. The summed E-state index contributed by atoms with van der Waals surface area (Å²) in [5.74, 6) is -0.0121. The number of carbonyl (C=O) groups is 1. The maximum Gasteiger partial charge on any atom is 0.255 e. The lowest BCUT2D eigenvalue weighted by molar-refractivity contribution is -0.00203. The Morgan fingerprint density at radius 3 is 2.43 bits per heavy atom. The Bertz CT molecular complexity index is 698. The number of nitrogens with zero attached hydrogens (tertiary/aromatic N) is 2. The zero-order valence-electron chi connectivity index (χ0n) is 13.6. The third kappa shape index (κ3) is 3.59. The fraction of sp³-hybridized carbons (Fsp3) is 0.368. The molecule has 1 aliphatic heterocycles. The molecular formula is C19H22N2O2. The second-order valence-electron chi connectivity index (χ2n) is 6.62. The van der Waals surface area contributed by atoms with Crippen LogP contribution >= 0.6 is 0 Å². The van der Waals surface area contributed by atoms with Gasteiger partial charge in [0.1, 0.15) is 0 Å². The van der Waals surface area contributed by atoms with E-state index in [1.807, 2.05) is 32.0 Å². The first-order valence-corrected chi connectivity index (χ1v) is 7.98. The lowest BCUT2D eigenvalue weighted by Crippen LogP contribution is -2.45. The highest BCUT2D eigenvalue weighted by Crippen LogP contribution is 2.24. The van der Waals surface area contributed by atoms with E-state index in [0.717, 1.165) is 11.1 Å². The molecule has 0 aliphatic carbocycles. The van der Waals surface area contributed by atoms with Gasteiger partial charge in [0.25, 0.3) is 5.91 Å². The first-order valence-electron chi connectivity index (χ1n) is 7.98. The van der Waals surface area contributed by atoms with Crippen molar-refractivity contribution >= 4 is 5.91 Å². The molecule has 2 heterocycles. The first-order chi connectivity index (χ1) is 10.9. The summed E-state index contributed by atoms with van der Waals surface area (Å²) in [6, 6.07) is 10.1. The summed E-state index contributed by atoms with van der Waals surface area (Å²) >= 11 is 0. The average molecular weight is 310 g/mol. The van der Waals surface area contributed by atoms with Crippen molar-refractivity contribution in [1.82, 2.24) is 9.88 Å². The van der Waals surface area contributed by atoms with E-state index in [1.165, 1.54) is 5.56 Å². The minimum Gasteiger partial charge on any atom is -0.390 e. The number of amides is 1. The Labute approximate surface area is 136 Å². The van der Waals surface area contributed by atoms with Crippen LogP contribution in [0, 0.1) is 6.92 Å². The van der Waals surface area contributed by atoms with Crippen LogP contribution in [0.5, 0.6) is 0 Å². The van der Waals surface area contributed by atoms with Crippen molar-refractivity contribution in [2.24, 2.45) is 0 Å². The molecule has 1 amide bonds. The predicted molar refractivity (Wildman–Crippen MR) is 90.2 cm³/mol. The van der Waals surface area contributed by atoms with Crippen LogP contribution in [-0.4, -0.2) is 39.6 Å². The minimum atomic E-state index is -0.654. The molecular weight excluding hydrogens is 288 g/mol. The van der Waals surface area contributed by atoms with Crippen molar-refractivity contribution in [3.63, 3.8) is 0 Å². The van der Waals surface area contributed by atoms with E-state index >= 15 is 0 Å². The summed E-state index contributed by atoms with van der Waals surface area (Å²) in [4.78, 5) is 18.7. The molecule has 0 radical (unpaired) electrons. The Morgan fingerprint density at radius 2 is 1.78 bits per heavy atom. The summed E-state index contributed by atoms with van der Waals surface area (Å²) in [7, 11) is 0. The maximum atomic E-state index is 12.7. The second kappa shape index (κ2) is 6.13. The number of pyridine rings is 1. The fourth-order valence-electron chi connectivity index (χ4n) is 2.83. The number of aryl methyl sites for hydroxylation is 1. The fourth-order valence-corrected chi connectivity index (χ4v) is 2.83. The van der Waals surface area contributed by atoms with Gasteiger partial charge in [-0.3, -0.25) is 9.78 Å². The van der Waals surface area contributed by atoms with Gasteiger partial charge in [-0.2, -0.15) is 0 Å². The average Bonchev–Trinajstić information content (AvgIpc) is 2.55. The second-order valence-corrected chi connectivity index (χ2v) is 6.62. The molecule has 0 bridgehead atoms. The standard InChI is InChI=1S/C19H22N2O2/c1-14-3-5-15(6-4-14)16-11-17(13-20-12-16)18(22)21-9-7-19(2,23)8-10-21/h3-6,11-13,23H,7-10H2,1-2H3. The lowest BCUT2D eigenvalue weighted by Gasteiger charge is -2.35. The highest BCUT2D eigenvalue weighted by molar-refractivity contribution is 5.95. The quantitative estimate of drug-likeness (QED) is 0.927. The van der Waals surface area contributed by atoms with Crippen LogP contribution in [0.15, 0.2) is 42.7 Å². The highest BCUT2D eigenvalue weighted by Gasteiger charge is 2.30. The topological polar surface area (TPSA) is 53.4 Å². The number of hydrogen-bond acceptors (Lipinski definition) is 3. The van der Waals surface area contributed by atoms with Gasteiger partial charge in [-0.15, -0.1) is 0 Å². The van der Waals surface area contributed by atoms with Crippen molar-refractivity contribution in [2.75, 3.05) is 13.1 Å². The van der Waals surface area contributed by atoms with Gasteiger partial charge in [0.15, 0.2) is 0 Å². The van der Waals surface area contributed by atoms with Gasteiger partial charge in [-0.25, -0.2) is 0 Å². The lowest BCUT2D eigenvalue weighted by atomic mass is 9.93. The van der Waals surface area contributed by atoms with E-state index in [4.69, 9.17) is 0 Å². The molecule has 120 valence electrons. The van der Waals surface area contributed by atoms with Gasteiger partial charge in [0.05, 0.1) is 11.2 Å². The van der Waals surface area contributed by atoms with Crippen LogP contribution in [0.1, 0.15) is 35.7 Å². The van der Waals surface area contributed by atoms with Gasteiger partial charge in [-0.05, 0) is 38.3 Å². The van der Waals surface area contributed by atoms with E-state index in [1.54, 1.807) is 17.3 Å². The van der Waals surface area contributed by atoms with Crippen LogP contribution in [-0.2, 0) is 0 Å². The molecule has 4 heteroatoms. The van der Waals surface area contributed by atoms with Crippen LogP contribution in [0.4, 0.5) is 0 Å². The number of aliphatic hydroxyl groups is 1. The van der Waals surface area contributed by atoms with E-state index in [-0.39, 0.29) is 5.91 Å². The van der Waals surface area contributed by atoms with Crippen molar-refractivity contribution in [2.45, 2.75) is 32.3 Å². The van der Waals surface area contributed by atoms with Gasteiger partial charge in [-0.1, -0.05) is 29.8 Å². The molecule has 23 heavy (non-hydrogen) atoms. The molecule has 4 nitrogen and oxygen atoms in total. The number of carbonyl (C=O) groups excluding carboxylic acids is 1. The van der Waals surface area contributed by atoms with Gasteiger partial charge in [0, 0.05) is 31.0 Å². The third-order valence-electron chi connectivity index (χ3n) is 4.50. The molecule has 1 N–H and O–H groups in total. The van der Waals surface area contributed by atoms with Gasteiger partial charge in [0.2, 0.25) is 0 Å². The van der Waals surface area contributed by atoms with Crippen LogP contribution in [0.2, 0.25) is 0 Å². The largest absolute Gasteiger partial charge is 0.390 e. The molecule has 0 atom stereocenters. The van der Waals surface area contributed by atoms with E-state index in [2.05, 4.69) is 17.1 Å². The van der Waals surface area contributed by atoms with E-state index in [0.29, 0.717) is 31.5 Å². The smallest absolute Gasteiger partial charge is 0.255 e. The molecule has 1 aliphatic rings. The molecule has 1 saturated heterocycles. The summed E-state index contributed by atoms with van der Waals surface area (Å²) in [5.41, 5.74) is 3.15. The Kier molecular flexibility index (Phi) is 4.18. The molecule has 1 fully saturated rings. The number of benzene rings is 1. The van der Waals surface area contributed by atoms with Crippen LogP contribution < -0.4 is 0 Å². The van der Waals surface area contributed by atoms with Gasteiger partial charge < -0.3 is 10.0 Å². The molecule has 0 saturated carbocycles. The summed E-state index contributed by atoms with van der Waals surface area (Å²) in [5, 5.41) is 10.0. The maximum absolute atomic E-state index is 12.7. The molecule has 1 aromatic carbocycles. The zero-order chi connectivity index (χ0) is 16.4. The molecule has 0 spiro atoms. The molecule has 2 aromatic rings. The highest BCUT2D eigenvalue weighted by atomic mass is 16.3. The number of piperidine rings is 1. The van der Waals surface area contributed by atoms with Crippen LogP contribution in [0.3, 0.4) is 0 Å². The van der Waals surface area contributed by atoms with E-state index < -0.39 is 5.60 Å². The van der Waals surface area contributed by atoms with Crippen molar-refractivity contribution in [3.05, 3.63) is 53.9 Å². The first kappa shape index (κ1) is 15.7. The number of hydrogen-bond donors (Lipinski definition) is 1. The van der Waals surface area contributed by atoms with Crippen LogP contribution in [0.25, 0.3) is 11.1 Å². The summed E-state index contributed by atoms with van der Waals surface area (Å²) in [6.45, 7) is 5.04. The predicted octanol–water partition coefficient (Wildman–Crippen LogP) is 3.04. The Morgan fingerprint density at radius 1 is 1.13 bits per heavy atom. The normalized spacial score (nSPS) is 17.1. The monoisotopic (exact) mass is 310 g/mol. The number of rotatable bonds is 2. The van der Waals surface area contributed by atoms with Gasteiger partial charge >= 0.3 is 0 Å². The number of aromatic nitrogens is 1.